The van der Waals surface area contributed by atoms with Gasteiger partial charge < -0.3 is 10.5 Å². The average Bonchev–Trinajstić information content (AvgIpc) is 2.46. The van der Waals surface area contributed by atoms with E-state index in [0.717, 1.165) is 5.56 Å². The van der Waals surface area contributed by atoms with Crippen molar-refractivity contribution in [1.82, 2.24) is 4.98 Å². The maximum absolute atomic E-state index is 11.6. The van der Waals surface area contributed by atoms with E-state index in [2.05, 4.69) is 9.72 Å². The Balaban J connectivity index is 2.58. The minimum Gasteiger partial charge on any atom is -0.465 e. The first-order chi connectivity index (χ1) is 9.11. The zero-order valence-corrected chi connectivity index (χ0v) is 10.4. The summed E-state index contributed by atoms with van der Waals surface area (Å²) in [6, 6.07) is 12.4. The van der Waals surface area contributed by atoms with Gasteiger partial charge in [-0.1, -0.05) is 30.3 Å². The van der Waals surface area contributed by atoms with Gasteiger partial charge in [0.05, 0.1) is 18.4 Å². The molecule has 0 aliphatic heterocycles. The molecule has 3 N–H and O–H groups in total. The van der Waals surface area contributed by atoms with Gasteiger partial charge in [0.1, 0.15) is 11.5 Å². The van der Waals surface area contributed by atoms with E-state index < -0.39 is 5.97 Å². The Bertz CT molecular complexity index is 624. The maximum Gasteiger partial charge on any atom is 0.338 e. The van der Waals surface area contributed by atoms with Crippen LogP contribution in [0, 0.1) is 5.41 Å². The first kappa shape index (κ1) is 12.8. The van der Waals surface area contributed by atoms with Gasteiger partial charge in [-0.05, 0) is 12.1 Å². The van der Waals surface area contributed by atoms with Crippen LogP contribution in [0.1, 0.15) is 16.1 Å². The molecule has 1 heterocycles. The molecule has 1 aromatic heterocycles. The quantitative estimate of drug-likeness (QED) is 0.497. The molecule has 0 radical (unpaired) electrons. The minimum atomic E-state index is -0.484. The van der Waals surface area contributed by atoms with Gasteiger partial charge in [0.25, 0.3) is 0 Å². The van der Waals surface area contributed by atoms with Crippen molar-refractivity contribution in [2.45, 2.75) is 0 Å². The Morgan fingerprint density at radius 1 is 1.26 bits per heavy atom. The molecule has 0 aliphatic rings. The van der Waals surface area contributed by atoms with Gasteiger partial charge in [0, 0.05) is 5.56 Å². The van der Waals surface area contributed by atoms with Crippen molar-refractivity contribution < 1.29 is 9.53 Å². The second-order valence-corrected chi connectivity index (χ2v) is 3.90. The molecule has 0 bridgehead atoms. The molecule has 2 aromatic rings. The van der Waals surface area contributed by atoms with Gasteiger partial charge in [-0.2, -0.15) is 0 Å². The number of pyridine rings is 1. The monoisotopic (exact) mass is 255 g/mol. The van der Waals surface area contributed by atoms with Crippen LogP contribution in [0.15, 0.2) is 42.5 Å². The Labute approximate surface area is 110 Å². The van der Waals surface area contributed by atoms with Gasteiger partial charge >= 0.3 is 5.97 Å². The van der Waals surface area contributed by atoms with Crippen molar-refractivity contribution in [2.24, 2.45) is 5.73 Å². The van der Waals surface area contributed by atoms with E-state index in [4.69, 9.17) is 11.1 Å². The molecular weight excluding hydrogens is 242 g/mol. The Morgan fingerprint density at radius 3 is 2.53 bits per heavy atom. The molecule has 0 aliphatic carbocycles. The summed E-state index contributed by atoms with van der Waals surface area (Å²) in [4.78, 5) is 15.9. The molecule has 0 fully saturated rings. The highest BCUT2D eigenvalue weighted by Crippen LogP contribution is 2.19. The molecule has 5 nitrogen and oxygen atoms in total. The second kappa shape index (κ2) is 5.30. The number of hydrogen-bond donors (Lipinski definition) is 2. The van der Waals surface area contributed by atoms with E-state index in [1.165, 1.54) is 13.2 Å². The molecule has 0 atom stereocenters. The van der Waals surface area contributed by atoms with E-state index in [-0.39, 0.29) is 11.5 Å². The molecule has 0 saturated carbocycles. The lowest BCUT2D eigenvalue weighted by Gasteiger charge is -2.07. The largest absolute Gasteiger partial charge is 0.465 e. The highest BCUT2D eigenvalue weighted by Gasteiger charge is 2.12. The molecule has 5 heteroatoms. The van der Waals surface area contributed by atoms with Gasteiger partial charge in [-0.3, -0.25) is 5.41 Å². The van der Waals surface area contributed by atoms with Crippen LogP contribution in [-0.2, 0) is 4.74 Å². The van der Waals surface area contributed by atoms with Crippen molar-refractivity contribution >= 4 is 11.8 Å². The van der Waals surface area contributed by atoms with Crippen LogP contribution < -0.4 is 5.73 Å². The van der Waals surface area contributed by atoms with Crippen LogP contribution in [0.3, 0.4) is 0 Å². The SMILES string of the molecule is COC(=O)c1cc(C(=N)N)nc(-c2ccccc2)c1. The smallest absolute Gasteiger partial charge is 0.338 e. The number of hydrogen-bond acceptors (Lipinski definition) is 4. The molecule has 96 valence electrons. The van der Waals surface area contributed by atoms with Crippen molar-refractivity contribution in [1.29, 1.82) is 5.41 Å². The predicted octanol–water partition coefficient (Wildman–Crippen LogP) is 1.82. The normalized spacial score (nSPS) is 9.95. The molecule has 0 unspecified atom stereocenters. The summed E-state index contributed by atoms with van der Waals surface area (Å²) in [7, 11) is 1.30. The third-order valence-electron chi connectivity index (χ3n) is 2.59. The fourth-order valence-corrected chi connectivity index (χ4v) is 1.66. The number of esters is 1. The molecule has 0 saturated heterocycles. The molecule has 2 rings (SSSR count). The fraction of sp³-hybridized carbons (Fsp3) is 0.0714. The highest BCUT2D eigenvalue weighted by atomic mass is 16.5. The lowest BCUT2D eigenvalue weighted by Crippen LogP contribution is -2.15. The van der Waals surface area contributed by atoms with Crippen LogP contribution in [0.5, 0.6) is 0 Å². The number of rotatable bonds is 3. The molecule has 19 heavy (non-hydrogen) atoms. The van der Waals surface area contributed by atoms with Crippen molar-refractivity contribution in [3.05, 3.63) is 53.7 Å². The molecule has 0 amide bonds. The van der Waals surface area contributed by atoms with Crippen molar-refractivity contribution in [3.63, 3.8) is 0 Å². The second-order valence-electron chi connectivity index (χ2n) is 3.90. The number of benzene rings is 1. The average molecular weight is 255 g/mol. The number of nitrogens with zero attached hydrogens (tertiary/aromatic N) is 1. The maximum atomic E-state index is 11.6. The van der Waals surface area contributed by atoms with Gasteiger partial charge in [0.2, 0.25) is 0 Å². The van der Waals surface area contributed by atoms with Crippen LogP contribution in [0.4, 0.5) is 0 Å². The standard InChI is InChI=1S/C14H13N3O2/c1-19-14(18)10-7-11(9-5-3-2-4-6-9)17-12(8-10)13(15)16/h2-8H,1H3,(H3,15,16). The minimum absolute atomic E-state index is 0.192. The van der Waals surface area contributed by atoms with Gasteiger partial charge in [-0.25, -0.2) is 9.78 Å². The third kappa shape index (κ3) is 2.77. The summed E-state index contributed by atoms with van der Waals surface area (Å²) in [5, 5.41) is 7.45. The predicted molar refractivity (Wildman–Crippen MR) is 72.0 cm³/mol. The zero-order valence-electron chi connectivity index (χ0n) is 10.4. The van der Waals surface area contributed by atoms with Crippen LogP contribution >= 0.6 is 0 Å². The van der Waals surface area contributed by atoms with Crippen LogP contribution in [0.25, 0.3) is 11.3 Å². The number of ether oxygens (including phenoxy) is 1. The Morgan fingerprint density at radius 2 is 1.95 bits per heavy atom. The van der Waals surface area contributed by atoms with Gasteiger partial charge in [-0.15, -0.1) is 0 Å². The number of nitrogen functional groups attached to an aromatic ring is 1. The highest BCUT2D eigenvalue weighted by molar-refractivity contribution is 5.98. The number of methoxy groups -OCH3 is 1. The number of aromatic nitrogens is 1. The lowest BCUT2D eigenvalue weighted by molar-refractivity contribution is 0.0600. The summed E-state index contributed by atoms with van der Waals surface area (Å²) in [5.74, 6) is -0.676. The Kier molecular flexibility index (Phi) is 3.56. The number of amidine groups is 1. The fourth-order valence-electron chi connectivity index (χ4n) is 1.66. The number of carbonyl (C=O) groups excluding carboxylic acids is 1. The van der Waals surface area contributed by atoms with Gasteiger partial charge in [0.15, 0.2) is 0 Å². The van der Waals surface area contributed by atoms with E-state index in [1.54, 1.807) is 6.07 Å². The molecule has 0 spiro atoms. The first-order valence-corrected chi connectivity index (χ1v) is 5.62. The number of carbonyl (C=O) groups is 1. The molecule has 1 aromatic carbocycles. The van der Waals surface area contributed by atoms with E-state index >= 15 is 0 Å². The van der Waals surface area contributed by atoms with E-state index in [0.29, 0.717) is 11.3 Å². The lowest BCUT2D eigenvalue weighted by atomic mass is 10.1. The topological polar surface area (TPSA) is 89.1 Å². The van der Waals surface area contributed by atoms with Crippen molar-refractivity contribution in [2.75, 3.05) is 7.11 Å². The number of nitrogens with two attached hydrogens (primary N) is 1. The van der Waals surface area contributed by atoms with Crippen LogP contribution in [-0.4, -0.2) is 23.9 Å². The summed E-state index contributed by atoms with van der Waals surface area (Å²) in [6.07, 6.45) is 0. The zero-order chi connectivity index (χ0) is 13.8. The first-order valence-electron chi connectivity index (χ1n) is 5.62. The summed E-state index contributed by atoms with van der Waals surface area (Å²) >= 11 is 0. The van der Waals surface area contributed by atoms with Crippen LogP contribution in [0.2, 0.25) is 0 Å². The van der Waals surface area contributed by atoms with E-state index in [1.807, 2.05) is 30.3 Å². The summed E-state index contributed by atoms with van der Waals surface area (Å²) in [6.45, 7) is 0. The molecular formula is C14H13N3O2. The summed E-state index contributed by atoms with van der Waals surface area (Å²) < 4.78 is 4.68. The summed E-state index contributed by atoms with van der Waals surface area (Å²) in [5.41, 5.74) is 7.43. The van der Waals surface area contributed by atoms with E-state index in [9.17, 15) is 4.79 Å². The van der Waals surface area contributed by atoms with Crippen molar-refractivity contribution in [3.8, 4) is 11.3 Å². The third-order valence-corrected chi connectivity index (χ3v) is 2.59. The number of nitrogens with one attached hydrogen (secondary N) is 1. The Hall–Kier alpha value is -2.69.